The summed E-state index contributed by atoms with van der Waals surface area (Å²) in [6, 6.07) is 26.3. The van der Waals surface area contributed by atoms with Crippen molar-refractivity contribution in [3.63, 3.8) is 0 Å². The highest BCUT2D eigenvalue weighted by Crippen LogP contribution is 2.30. The molecule has 242 valence electrons. The summed E-state index contributed by atoms with van der Waals surface area (Å²) in [6.45, 7) is 9.77. The Balaban J connectivity index is 1.28. The van der Waals surface area contributed by atoms with Crippen LogP contribution in [0.4, 0.5) is 0 Å². The van der Waals surface area contributed by atoms with Crippen LogP contribution in [0.25, 0.3) is 33.6 Å². The van der Waals surface area contributed by atoms with Gasteiger partial charge in [-0.2, -0.15) is 0 Å². The van der Waals surface area contributed by atoms with Crippen molar-refractivity contribution in [1.29, 1.82) is 0 Å². The van der Waals surface area contributed by atoms with Gasteiger partial charge in [-0.15, -0.1) is 11.3 Å². The molecule has 3 atom stereocenters. The zero-order valence-electron chi connectivity index (χ0n) is 27.2. The average Bonchev–Trinajstić information content (AvgIpc) is 3.57. The second-order valence-corrected chi connectivity index (χ2v) is 13.9. The maximum absolute atomic E-state index is 13.2. The molecule has 3 aromatic carbocycles. The third kappa shape index (κ3) is 8.56. The van der Waals surface area contributed by atoms with Gasteiger partial charge in [-0.05, 0) is 60.1 Å². The summed E-state index contributed by atoms with van der Waals surface area (Å²) in [4.78, 5) is 35.4. The molecule has 1 unspecified atom stereocenters. The van der Waals surface area contributed by atoms with Crippen LogP contribution in [0.5, 0.6) is 0 Å². The number of thiophene rings is 1. The molecule has 0 aliphatic rings. The van der Waals surface area contributed by atoms with Crippen LogP contribution >= 0.6 is 11.3 Å². The van der Waals surface area contributed by atoms with Gasteiger partial charge in [0.1, 0.15) is 12.3 Å². The number of nitrogens with zero attached hydrogens (tertiary/aromatic N) is 2. The molecule has 5 rings (SSSR count). The fourth-order valence-electron chi connectivity index (χ4n) is 5.06. The third-order valence-corrected chi connectivity index (χ3v) is 9.49. The molecule has 8 nitrogen and oxygen atoms in total. The molecule has 4 N–H and O–H groups in total. The molecule has 0 spiro atoms. The van der Waals surface area contributed by atoms with Crippen LogP contribution in [-0.2, 0) is 16.6 Å². The Bertz CT molecular complexity index is 1810. The number of carboxylic acid groups (broad SMARTS) is 1. The van der Waals surface area contributed by atoms with Gasteiger partial charge in [0.2, 0.25) is 0 Å². The zero-order valence-corrected chi connectivity index (χ0v) is 28.0. The molecule has 5 aromatic rings. The lowest BCUT2D eigenvalue weighted by molar-refractivity contribution is -0.140. The number of aromatic nitrogens is 2. The van der Waals surface area contributed by atoms with Crippen molar-refractivity contribution in [2.24, 2.45) is 0 Å². The van der Waals surface area contributed by atoms with Gasteiger partial charge >= 0.3 is 5.97 Å². The lowest BCUT2D eigenvalue weighted by atomic mass is 9.95. The first kappa shape index (κ1) is 33.7. The fourth-order valence-corrected chi connectivity index (χ4v) is 6.03. The number of aliphatic hydroxyl groups excluding tert-OH is 1. The van der Waals surface area contributed by atoms with Gasteiger partial charge in [-0.1, -0.05) is 99.1 Å². The van der Waals surface area contributed by atoms with Gasteiger partial charge < -0.3 is 15.5 Å². The van der Waals surface area contributed by atoms with E-state index in [-0.39, 0.29) is 17.7 Å². The van der Waals surface area contributed by atoms with Gasteiger partial charge in [0.05, 0.1) is 10.9 Å². The predicted octanol–water partition coefficient (Wildman–Crippen LogP) is 6.87. The van der Waals surface area contributed by atoms with Crippen molar-refractivity contribution < 1.29 is 19.8 Å². The first-order valence-corrected chi connectivity index (χ1v) is 16.4. The molecule has 2 heterocycles. The minimum atomic E-state index is -1.30. The molecule has 0 saturated heterocycles. The molecule has 0 fully saturated rings. The monoisotopic (exact) mass is 648 g/mol. The van der Waals surface area contributed by atoms with Crippen LogP contribution < -0.4 is 10.6 Å². The van der Waals surface area contributed by atoms with Crippen molar-refractivity contribution in [2.75, 3.05) is 0 Å². The van der Waals surface area contributed by atoms with Crippen molar-refractivity contribution >= 4 is 23.2 Å². The highest BCUT2D eigenvalue weighted by atomic mass is 32.1. The van der Waals surface area contributed by atoms with Gasteiger partial charge in [0.25, 0.3) is 5.91 Å². The molecule has 0 radical (unpaired) electrons. The van der Waals surface area contributed by atoms with E-state index in [1.165, 1.54) is 29.4 Å². The minimum absolute atomic E-state index is 0.0973. The van der Waals surface area contributed by atoms with E-state index in [9.17, 15) is 19.8 Å². The van der Waals surface area contributed by atoms with Crippen LogP contribution in [0, 0.1) is 6.92 Å². The average molecular weight is 649 g/mol. The molecule has 0 saturated carbocycles. The van der Waals surface area contributed by atoms with Gasteiger partial charge in [0.15, 0.2) is 5.82 Å². The first-order chi connectivity index (χ1) is 22.4. The van der Waals surface area contributed by atoms with E-state index in [0.717, 1.165) is 32.7 Å². The van der Waals surface area contributed by atoms with Crippen molar-refractivity contribution in [3.05, 3.63) is 118 Å². The summed E-state index contributed by atoms with van der Waals surface area (Å²) in [6.07, 6.45) is 2.59. The SMILES string of the molecule is Cc1ccc(-c2ccc(-c3cnc(-c4ccc(C[C@H](NC(=O)c5ccc(C(C)(C)C)s5)C(O)N[C@H](C)C(=O)O)cc4)nc3)cc2)cc1. The summed E-state index contributed by atoms with van der Waals surface area (Å²) >= 11 is 1.40. The van der Waals surface area contributed by atoms with Crippen molar-refractivity contribution in [2.45, 2.75) is 64.8 Å². The predicted molar refractivity (Wildman–Crippen MR) is 187 cm³/mol. The quantitative estimate of drug-likeness (QED) is 0.115. The molecule has 0 aliphatic carbocycles. The summed E-state index contributed by atoms with van der Waals surface area (Å²) in [5.74, 6) is -0.850. The van der Waals surface area contributed by atoms with Crippen LogP contribution in [0.3, 0.4) is 0 Å². The Morgan fingerprint density at radius 1 is 0.787 bits per heavy atom. The van der Waals surface area contributed by atoms with E-state index in [1.54, 1.807) is 6.07 Å². The molecule has 0 aliphatic heterocycles. The Labute approximate surface area is 279 Å². The number of aliphatic hydroxyl groups is 1. The molecular weight excluding hydrogens is 609 g/mol. The van der Waals surface area contributed by atoms with Crippen LogP contribution in [0.15, 0.2) is 97.3 Å². The molecule has 47 heavy (non-hydrogen) atoms. The van der Waals surface area contributed by atoms with Gasteiger partial charge in [0, 0.05) is 28.4 Å². The number of carbonyl (C=O) groups excluding carboxylic acids is 1. The Morgan fingerprint density at radius 3 is 1.85 bits per heavy atom. The van der Waals surface area contributed by atoms with E-state index < -0.39 is 24.3 Å². The zero-order chi connectivity index (χ0) is 33.7. The van der Waals surface area contributed by atoms with Crippen LogP contribution in [0.1, 0.15) is 53.4 Å². The maximum atomic E-state index is 13.2. The van der Waals surface area contributed by atoms with Gasteiger partial charge in [-0.25, -0.2) is 9.97 Å². The Hall–Kier alpha value is -4.70. The smallest absolute Gasteiger partial charge is 0.320 e. The van der Waals surface area contributed by atoms with E-state index in [1.807, 2.05) is 42.7 Å². The fraction of sp³-hybridized carbons (Fsp3) is 0.263. The van der Waals surface area contributed by atoms with Crippen molar-refractivity contribution in [3.8, 4) is 33.6 Å². The molecular formula is C38H40N4O4S. The molecule has 1 amide bonds. The molecule has 2 aromatic heterocycles. The van der Waals surface area contributed by atoms with Crippen LogP contribution in [0.2, 0.25) is 0 Å². The van der Waals surface area contributed by atoms with E-state index in [4.69, 9.17) is 0 Å². The summed E-state index contributed by atoms with van der Waals surface area (Å²) in [5.41, 5.74) is 7.05. The lowest BCUT2D eigenvalue weighted by Gasteiger charge is -2.26. The second kappa shape index (κ2) is 14.4. The number of amides is 1. The molecule has 0 bridgehead atoms. The standard InChI is InChI=1S/C38H40N4O4S/c1-23-6-10-26(11-7-23)27-14-16-28(17-15-27)30-21-39-34(40-22-30)29-12-8-25(9-13-29)20-31(35(43)41-24(2)37(45)46)42-36(44)32-18-19-33(47-32)38(3,4)5/h6-19,21-22,24,31,35,41,43H,20H2,1-5H3,(H,42,44)(H,45,46)/t24-,31+,35?/m1/s1. The Kier molecular flexibility index (Phi) is 10.3. The van der Waals surface area contributed by atoms with Crippen LogP contribution in [-0.4, -0.2) is 50.4 Å². The summed E-state index contributed by atoms with van der Waals surface area (Å²) in [7, 11) is 0. The lowest BCUT2D eigenvalue weighted by Crippen LogP contribution is -2.54. The van der Waals surface area contributed by atoms with E-state index in [2.05, 4.69) is 96.8 Å². The third-order valence-electron chi connectivity index (χ3n) is 7.98. The number of aliphatic carboxylic acids is 1. The topological polar surface area (TPSA) is 124 Å². The maximum Gasteiger partial charge on any atom is 0.320 e. The summed E-state index contributed by atoms with van der Waals surface area (Å²) in [5, 5.41) is 25.9. The molecule has 9 heteroatoms. The highest BCUT2D eigenvalue weighted by molar-refractivity contribution is 7.14. The number of hydrogen-bond acceptors (Lipinski definition) is 7. The number of hydrogen-bond donors (Lipinski definition) is 4. The highest BCUT2D eigenvalue weighted by Gasteiger charge is 2.27. The van der Waals surface area contributed by atoms with Gasteiger partial charge in [-0.3, -0.25) is 14.9 Å². The van der Waals surface area contributed by atoms with Crippen molar-refractivity contribution in [1.82, 2.24) is 20.6 Å². The number of carboxylic acids is 1. The minimum Gasteiger partial charge on any atom is -0.480 e. The van der Waals surface area contributed by atoms with E-state index in [0.29, 0.717) is 10.7 Å². The number of aryl methyl sites for hydroxylation is 1. The number of rotatable bonds is 11. The first-order valence-electron chi connectivity index (χ1n) is 15.5. The summed E-state index contributed by atoms with van der Waals surface area (Å²) < 4.78 is 0. The number of carbonyl (C=O) groups is 2. The normalized spacial score (nSPS) is 13.5. The Morgan fingerprint density at radius 2 is 1.32 bits per heavy atom. The van der Waals surface area contributed by atoms with E-state index >= 15 is 0 Å². The number of nitrogens with one attached hydrogen (secondary N) is 2. The largest absolute Gasteiger partial charge is 0.480 e. The number of benzene rings is 3. The second-order valence-electron chi connectivity index (χ2n) is 12.8.